The first-order valence-electron chi connectivity index (χ1n) is 8.73. The lowest BCUT2D eigenvalue weighted by atomic mass is 10.0. The lowest BCUT2D eigenvalue weighted by molar-refractivity contribution is 0.205. The molecule has 1 atom stereocenters. The van der Waals surface area contributed by atoms with Gasteiger partial charge in [-0.1, -0.05) is 18.9 Å². The predicted octanol–water partition coefficient (Wildman–Crippen LogP) is 4.01. The highest BCUT2D eigenvalue weighted by molar-refractivity contribution is 5.49. The number of hydrogen-bond acceptors (Lipinski definition) is 3. The van der Waals surface area contributed by atoms with Crippen LogP contribution in [-0.4, -0.2) is 35.6 Å². The Bertz CT molecular complexity index is 450. The van der Waals surface area contributed by atoms with E-state index in [9.17, 15) is 0 Å². The smallest absolute Gasteiger partial charge is 0.133 e. The molecule has 0 N–H and O–H groups in total. The van der Waals surface area contributed by atoms with Crippen LogP contribution in [-0.2, 0) is 0 Å². The van der Waals surface area contributed by atoms with Crippen LogP contribution in [0.3, 0.4) is 0 Å². The van der Waals surface area contributed by atoms with E-state index in [1.807, 2.05) is 6.20 Å². The van der Waals surface area contributed by atoms with Crippen LogP contribution < -0.4 is 4.90 Å². The van der Waals surface area contributed by atoms with Crippen molar-refractivity contribution in [1.82, 2.24) is 9.88 Å². The van der Waals surface area contributed by atoms with Gasteiger partial charge in [0.2, 0.25) is 0 Å². The minimum atomic E-state index is 0.567. The number of aromatic nitrogens is 1. The van der Waals surface area contributed by atoms with Gasteiger partial charge in [-0.05, 0) is 52.1 Å². The van der Waals surface area contributed by atoms with Crippen molar-refractivity contribution >= 4 is 5.82 Å². The van der Waals surface area contributed by atoms with Crippen molar-refractivity contribution in [3.63, 3.8) is 0 Å². The molecule has 0 saturated carbocycles. The predicted molar refractivity (Wildman–Crippen MR) is 88.7 cm³/mol. The van der Waals surface area contributed by atoms with Crippen LogP contribution in [0.2, 0.25) is 0 Å². The molecule has 1 aromatic heterocycles. The average molecular weight is 287 g/mol. The van der Waals surface area contributed by atoms with Gasteiger partial charge in [-0.25, -0.2) is 4.98 Å². The second-order valence-corrected chi connectivity index (χ2v) is 6.81. The van der Waals surface area contributed by atoms with Crippen molar-refractivity contribution in [2.75, 3.05) is 24.5 Å². The highest BCUT2D eigenvalue weighted by Gasteiger charge is 2.31. The molecule has 3 heterocycles. The summed E-state index contributed by atoms with van der Waals surface area (Å²) in [6, 6.07) is 5.62. The maximum Gasteiger partial charge on any atom is 0.133 e. The fourth-order valence-electron chi connectivity index (χ4n) is 3.96. The van der Waals surface area contributed by atoms with Crippen LogP contribution in [0.25, 0.3) is 0 Å². The third kappa shape index (κ3) is 3.23. The van der Waals surface area contributed by atoms with Gasteiger partial charge in [-0.2, -0.15) is 0 Å². The molecule has 0 amide bonds. The molecular formula is C18H29N3. The molecule has 0 bridgehead atoms. The largest absolute Gasteiger partial charge is 0.356 e. The molecule has 3 heteroatoms. The summed E-state index contributed by atoms with van der Waals surface area (Å²) in [7, 11) is 0. The second-order valence-electron chi connectivity index (χ2n) is 6.81. The maximum atomic E-state index is 4.78. The molecule has 3 nitrogen and oxygen atoms in total. The molecule has 0 radical (unpaired) electrons. The molecule has 21 heavy (non-hydrogen) atoms. The molecule has 2 aliphatic rings. The molecule has 0 aromatic carbocycles. The Labute approximate surface area is 129 Å². The Hall–Kier alpha value is -1.09. The highest BCUT2D eigenvalue weighted by Crippen LogP contribution is 2.37. The van der Waals surface area contributed by atoms with E-state index in [0.717, 1.165) is 0 Å². The number of rotatable bonds is 3. The zero-order valence-corrected chi connectivity index (χ0v) is 13.6. The summed E-state index contributed by atoms with van der Waals surface area (Å²) in [6.07, 6.45) is 9.95. The molecule has 0 spiro atoms. The first-order chi connectivity index (χ1) is 10.3. The molecule has 0 aliphatic carbocycles. The Morgan fingerprint density at radius 2 is 1.81 bits per heavy atom. The van der Waals surface area contributed by atoms with E-state index in [-0.39, 0.29) is 0 Å². The van der Waals surface area contributed by atoms with Gasteiger partial charge >= 0.3 is 0 Å². The van der Waals surface area contributed by atoms with Gasteiger partial charge in [0.1, 0.15) is 5.82 Å². The van der Waals surface area contributed by atoms with Crippen LogP contribution in [0, 0.1) is 0 Å². The van der Waals surface area contributed by atoms with Crippen molar-refractivity contribution in [3.8, 4) is 0 Å². The average Bonchev–Trinajstić information content (AvgIpc) is 2.83. The van der Waals surface area contributed by atoms with Crippen molar-refractivity contribution < 1.29 is 0 Å². The Kier molecular flexibility index (Phi) is 4.79. The summed E-state index contributed by atoms with van der Waals surface area (Å²) in [5.41, 5.74) is 1.46. The molecular weight excluding hydrogens is 258 g/mol. The Balaban J connectivity index is 1.88. The van der Waals surface area contributed by atoms with Crippen LogP contribution in [0.15, 0.2) is 18.3 Å². The topological polar surface area (TPSA) is 19.4 Å². The molecule has 2 saturated heterocycles. The van der Waals surface area contributed by atoms with Crippen LogP contribution in [0.1, 0.15) is 64.0 Å². The fraction of sp³-hybridized carbons (Fsp3) is 0.722. The molecule has 2 aliphatic heterocycles. The van der Waals surface area contributed by atoms with Gasteiger partial charge in [-0.3, -0.25) is 4.90 Å². The fourth-order valence-corrected chi connectivity index (χ4v) is 3.96. The number of nitrogens with zero attached hydrogens (tertiary/aromatic N) is 3. The summed E-state index contributed by atoms with van der Waals surface area (Å²) in [5.74, 6) is 1.26. The molecule has 3 rings (SSSR count). The number of anilines is 1. The van der Waals surface area contributed by atoms with Crippen molar-refractivity contribution in [3.05, 3.63) is 23.9 Å². The summed E-state index contributed by atoms with van der Waals surface area (Å²) >= 11 is 0. The first-order valence-corrected chi connectivity index (χ1v) is 8.73. The molecule has 1 aromatic rings. The SMILES string of the molecule is CC(C)N1CCC[C@@H]1c1cccnc1N1CCCCCC1. The minimum Gasteiger partial charge on any atom is -0.356 e. The van der Waals surface area contributed by atoms with Crippen LogP contribution in [0.4, 0.5) is 5.82 Å². The van der Waals surface area contributed by atoms with E-state index >= 15 is 0 Å². The number of hydrogen-bond donors (Lipinski definition) is 0. The third-order valence-corrected chi connectivity index (χ3v) is 5.04. The zero-order chi connectivity index (χ0) is 14.7. The van der Waals surface area contributed by atoms with E-state index < -0.39 is 0 Å². The van der Waals surface area contributed by atoms with Gasteiger partial charge in [-0.15, -0.1) is 0 Å². The summed E-state index contributed by atoms with van der Waals surface area (Å²) < 4.78 is 0. The van der Waals surface area contributed by atoms with Crippen molar-refractivity contribution in [2.24, 2.45) is 0 Å². The number of pyridine rings is 1. The van der Waals surface area contributed by atoms with Gasteiger partial charge in [0.25, 0.3) is 0 Å². The van der Waals surface area contributed by atoms with Gasteiger partial charge in [0.05, 0.1) is 0 Å². The first kappa shape index (κ1) is 14.8. The van der Waals surface area contributed by atoms with E-state index in [1.165, 1.54) is 69.5 Å². The molecule has 116 valence electrons. The lowest BCUT2D eigenvalue weighted by Gasteiger charge is -2.32. The monoisotopic (exact) mass is 287 g/mol. The second kappa shape index (κ2) is 6.78. The molecule has 0 unspecified atom stereocenters. The number of likely N-dealkylation sites (tertiary alicyclic amines) is 1. The van der Waals surface area contributed by atoms with Gasteiger partial charge in [0.15, 0.2) is 0 Å². The van der Waals surface area contributed by atoms with Crippen molar-refractivity contribution in [1.29, 1.82) is 0 Å². The van der Waals surface area contributed by atoms with E-state index in [2.05, 4.69) is 35.8 Å². The van der Waals surface area contributed by atoms with E-state index in [0.29, 0.717) is 12.1 Å². The summed E-state index contributed by atoms with van der Waals surface area (Å²) in [5, 5.41) is 0. The summed E-state index contributed by atoms with van der Waals surface area (Å²) in [6.45, 7) is 8.23. The molecule has 2 fully saturated rings. The zero-order valence-electron chi connectivity index (χ0n) is 13.6. The van der Waals surface area contributed by atoms with E-state index in [4.69, 9.17) is 4.98 Å². The lowest BCUT2D eigenvalue weighted by Crippen LogP contribution is -2.32. The van der Waals surface area contributed by atoms with Gasteiger partial charge in [0, 0.05) is 36.9 Å². The van der Waals surface area contributed by atoms with Gasteiger partial charge < -0.3 is 4.90 Å². The highest BCUT2D eigenvalue weighted by atomic mass is 15.2. The third-order valence-electron chi connectivity index (χ3n) is 5.04. The Morgan fingerprint density at radius 1 is 1.05 bits per heavy atom. The minimum absolute atomic E-state index is 0.567. The Morgan fingerprint density at radius 3 is 2.52 bits per heavy atom. The normalized spacial score (nSPS) is 24.5. The van der Waals surface area contributed by atoms with Crippen molar-refractivity contribution in [2.45, 2.75) is 64.5 Å². The quantitative estimate of drug-likeness (QED) is 0.837. The van der Waals surface area contributed by atoms with Crippen LogP contribution >= 0.6 is 0 Å². The standard InChI is InChI=1S/C18H29N3/c1-15(2)21-14-8-10-17(21)16-9-7-11-19-18(16)20-12-5-3-4-6-13-20/h7,9,11,15,17H,3-6,8,10,12-14H2,1-2H3/t17-/m1/s1. The maximum absolute atomic E-state index is 4.78. The van der Waals surface area contributed by atoms with Crippen LogP contribution in [0.5, 0.6) is 0 Å². The van der Waals surface area contributed by atoms with E-state index in [1.54, 1.807) is 0 Å². The summed E-state index contributed by atoms with van der Waals surface area (Å²) in [4.78, 5) is 9.97.